The van der Waals surface area contributed by atoms with E-state index in [0.717, 1.165) is 30.7 Å². The van der Waals surface area contributed by atoms with Gasteiger partial charge in [0.05, 0.1) is 0 Å². The molecule has 0 unspecified atom stereocenters. The summed E-state index contributed by atoms with van der Waals surface area (Å²) in [5.74, 6) is 0. The first-order chi connectivity index (χ1) is 7.88. The molecule has 96 valence electrons. The molecule has 0 amide bonds. The molecule has 0 N–H and O–H groups in total. The summed E-state index contributed by atoms with van der Waals surface area (Å²) in [4.78, 5) is 2.20. The Morgan fingerprint density at radius 1 is 1.18 bits per heavy atom. The first-order valence-corrected chi connectivity index (χ1v) is 6.24. The highest BCUT2D eigenvalue weighted by Crippen LogP contribution is 2.14. The fourth-order valence-electron chi connectivity index (χ4n) is 1.51. The highest BCUT2D eigenvalue weighted by atomic mass is 15.1. The predicted molar refractivity (Wildman–Crippen MR) is 79.0 cm³/mol. The molecule has 0 heterocycles. The minimum atomic E-state index is 0.883. The van der Waals surface area contributed by atoms with Gasteiger partial charge in [-0.3, -0.25) is 0 Å². The van der Waals surface area contributed by atoms with Gasteiger partial charge in [-0.1, -0.05) is 49.0 Å². The van der Waals surface area contributed by atoms with E-state index in [9.17, 15) is 0 Å². The van der Waals surface area contributed by atoms with Crippen molar-refractivity contribution in [2.24, 2.45) is 0 Å². The van der Waals surface area contributed by atoms with Gasteiger partial charge in [0.1, 0.15) is 0 Å². The van der Waals surface area contributed by atoms with Crippen molar-refractivity contribution in [3.63, 3.8) is 0 Å². The molecule has 0 aliphatic carbocycles. The Labute approximate surface area is 107 Å². The van der Waals surface area contributed by atoms with E-state index in [2.05, 4.69) is 58.0 Å². The summed E-state index contributed by atoms with van der Waals surface area (Å²) in [6.45, 7) is 17.5. The molecule has 0 atom stereocenters. The van der Waals surface area contributed by atoms with Crippen LogP contribution in [0.15, 0.2) is 47.7 Å². The van der Waals surface area contributed by atoms with Gasteiger partial charge in [0, 0.05) is 25.7 Å². The van der Waals surface area contributed by atoms with Gasteiger partial charge in [0.15, 0.2) is 0 Å². The zero-order valence-corrected chi connectivity index (χ0v) is 12.1. The van der Waals surface area contributed by atoms with Gasteiger partial charge >= 0.3 is 0 Å². The molecule has 0 saturated carbocycles. The normalized spacial score (nSPS) is 12.5. The van der Waals surface area contributed by atoms with Crippen molar-refractivity contribution in [1.29, 1.82) is 0 Å². The maximum atomic E-state index is 4.09. The third kappa shape index (κ3) is 6.83. The van der Waals surface area contributed by atoms with Crippen LogP contribution in [0.1, 0.15) is 40.5 Å². The molecule has 0 bridgehead atoms. The molecule has 0 aliphatic rings. The van der Waals surface area contributed by atoms with E-state index < -0.39 is 0 Å². The molecule has 0 rings (SSSR count). The Bertz CT molecular complexity index is 331. The molecule has 0 aliphatic heterocycles. The topological polar surface area (TPSA) is 3.24 Å². The Kier molecular flexibility index (Phi) is 7.36. The van der Waals surface area contributed by atoms with Gasteiger partial charge in [-0.25, -0.2) is 0 Å². The second kappa shape index (κ2) is 7.94. The second-order valence-corrected chi connectivity index (χ2v) is 4.83. The average molecular weight is 233 g/mol. The highest BCUT2D eigenvalue weighted by molar-refractivity contribution is 5.24. The fourth-order valence-corrected chi connectivity index (χ4v) is 1.51. The van der Waals surface area contributed by atoms with E-state index in [1.807, 2.05) is 6.92 Å². The molecule has 0 spiro atoms. The Hall–Kier alpha value is -1.24. The maximum Gasteiger partial charge on any atom is 0.0385 e. The van der Waals surface area contributed by atoms with Gasteiger partial charge < -0.3 is 4.90 Å². The van der Waals surface area contributed by atoms with Crippen molar-refractivity contribution in [3.8, 4) is 0 Å². The van der Waals surface area contributed by atoms with E-state index in [4.69, 9.17) is 0 Å². The van der Waals surface area contributed by atoms with E-state index in [1.54, 1.807) is 0 Å². The lowest BCUT2D eigenvalue weighted by Gasteiger charge is -2.23. The number of hydrogen-bond donors (Lipinski definition) is 0. The first kappa shape index (κ1) is 15.8. The van der Waals surface area contributed by atoms with Crippen molar-refractivity contribution in [3.05, 3.63) is 47.7 Å². The van der Waals surface area contributed by atoms with Crippen molar-refractivity contribution in [2.45, 2.75) is 40.5 Å². The van der Waals surface area contributed by atoms with E-state index in [-0.39, 0.29) is 0 Å². The van der Waals surface area contributed by atoms with Gasteiger partial charge in [0.25, 0.3) is 0 Å². The number of nitrogens with zero attached hydrogens (tertiary/aromatic N) is 1. The van der Waals surface area contributed by atoms with Crippen LogP contribution in [0.5, 0.6) is 0 Å². The zero-order valence-electron chi connectivity index (χ0n) is 12.1. The van der Waals surface area contributed by atoms with Crippen LogP contribution in [0.3, 0.4) is 0 Å². The molecule has 0 aromatic rings. The van der Waals surface area contributed by atoms with Crippen LogP contribution in [-0.4, -0.2) is 18.5 Å². The minimum absolute atomic E-state index is 0.883. The molecular weight excluding hydrogens is 206 g/mol. The zero-order chi connectivity index (χ0) is 13.4. The Morgan fingerprint density at radius 2 is 1.76 bits per heavy atom. The molecular formula is C16H27N. The lowest BCUT2D eigenvalue weighted by Crippen LogP contribution is -2.19. The van der Waals surface area contributed by atoms with Crippen LogP contribution in [-0.2, 0) is 0 Å². The quantitative estimate of drug-likeness (QED) is 0.455. The summed E-state index contributed by atoms with van der Waals surface area (Å²) < 4.78 is 0. The minimum Gasteiger partial charge on any atom is -0.374 e. The van der Waals surface area contributed by atoms with E-state index in [0.29, 0.717) is 0 Å². The second-order valence-electron chi connectivity index (χ2n) is 4.83. The SMILES string of the molecule is C=C(C)CC(=C)N(C)C/C(C)=C(C)/C=C\CC. The van der Waals surface area contributed by atoms with Crippen LogP contribution in [0.4, 0.5) is 0 Å². The van der Waals surface area contributed by atoms with E-state index in [1.165, 1.54) is 11.1 Å². The summed E-state index contributed by atoms with van der Waals surface area (Å²) in [5, 5.41) is 0. The number of hydrogen-bond acceptors (Lipinski definition) is 1. The Morgan fingerprint density at radius 3 is 2.24 bits per heavy atom. The smallest absolute Gasteiger partial charge is 0.0385 e. The van der Waals surface area contributed by atoms with Crippen molar-refractivity contribution in [2.75, 3.05) is 13.6 Å². The van der Waals surface area contributed by atoms with Crippen LogP contribution in [0, 0.1) is 0 Å². The van der Waals surface area contributed by atoms with Gasteiger partial charge in [-0.15, -0.1) is 0 Å². The van der Waals surface area contributed by atoms with Gasteiger partial charge in [-0.2, -0.15) is 0 Å². The average Bonchev–Trinajstić information content (AvgIpc) is 2.24. The molecule has 17 heavy (non-hydrogen) atoms. The molecule has 0 fully saturated rings. The summed E-state index contributed by atoms with van der Waals surface area (Å²) in [6, 6.07) is 0. The lowest BCUT2D eigenvalue weighted by atomic mass is 10.1. The molecule has 1 nitrogen and oxygen atoms in total. The van der Waals surface area contributed by atoms with Gasteiger partial charge in [0.2, 0.25) is 0 Å². The molecule has 0 aromatic carbocycles. The largest absolute Gasteiger partial charge is 0.374 e. The number of likely N-dealkylation sites (N-methyl/N-ethyl adjacent to an activating group) is 1. The number of allylic oxidation sites excluding steroid dienone is 4. The summed E-state index contributed by atoms with van der Waals surface area (Å²) >= 11 is 0. The first-order valence-electron chi connectivity index (χ1n) is 6.24. The molecule has 1 heteroatoms. The summed E-state index contributed by atoms with van der Waals surface area (Å²) in [6.07, 6.45) is 6.36. The van der Waals surface area contributed by atoms with Crippen molar-refractivity contribution >= 4 is 0 Å². The monoisotopic (exact) mass is 233 g/mol. The Balaban J connectivity index is 4.46. The highest BCUT2D eigenvalue weighted by Gasteiger charge is 2.04. The van der Waals surface area contributed by atoms with Crippen LogP contribution < -0.4 is 0 Å². The third-order valence-electron chi connectivity index (χ3n) is 2.80. The number of rotatable bonds is 7. The predicted octanol–water partition coefficient (Wildman–Crippen LogP) is 4.70. The van der Waals surface area contributed by atoms with Crippen molar-refractivity contribution in [1.82, 2.24) is 4.90 Å². The summed E-state index contributed by atoms with van der Waals surface area (Å²) in [5.41, 5.74) is 5.03. The summed E-state index contributed by atoms with van der Waals surface area (Å²) in [7, 11) is 2.09. The van der Waals surface area contributed by atoms with Crippen LogP contribution >= 0.6 is 0 Å². The molecule has 0 radical (unpaired) electrons. The van der Waals surface area contributed by atoms with E-state index >= 15 is 0 Å². The third-order valence-corrected chi connectivity index (χ3v) is 2.80. The van der Waals surface area contributed by atoms with Crippen LogP contribution in [0.2, 0.25) is 0 Å². The van der Waals surface area contributed by atoms with Crippen LogP contribution in [0.25, 0.3) is 0 Å². The molecule has 0 saturated heterocycles. The van der Waals surface area contributed by atoms with Crippen molar-refractivity contribution < 1.29 is 0 Å². The van der Waals surface area contributed by atoms with Gasteiger partial charge in [-0.05, 0) is 27.2 Å². The lowest BCUT2D eigenvalue weighted by molar-refractivity contribution is 0.443. The standard InChI is InChI=1S/C16H27N/c1-8-9-10-14(4)15(5)12-17(7)16(6)11-13(2)3/h9-10H,2,6,8,11-12H2,1,3-5,7H3/b10-9-,15-14+. The molecule has 0 aromatic heterocycles. The maximum absolute atomic E-state index is 4.09. The fraction of sp³-hybridized carbons (Fsp3) is 0.500.